The molecule has 0 saturated carbocycles. The predicted molar refractivity (Wildman–Crippen MR) is 96.4 cm³/mol. The number of likely N-dealkylation sites (N-methyl/N-ethyl adjacent to an activating group) is 1. The maximum Gasteiger partial charge on any atom is 0.141 e. The van der Waals surface area contributed by atoms with Crippen LogP contribution in [0.2, 0.25) is 0 Å². The van der Waals surface area contributed by atoms with E-state index < -0.39 is 0 Å². The van der Waals surface area contributed by atoms with Gasteiger partial charge in [0.2, 0.25) is 0 Å². The summed E-state index contributed by atoms with van der Waals surface area (Å²) in [6.45, 7) is 6.56. The second-order valence-electron chi connectivity index (χ2n) is 6.34. The zero-order chi connectivity index (χ0) is 15.8. The van der Waals surface area contributed by atoms with Gasteiger partial charge >= 0.3 is 0 Å². The number of nitrogens with one attached hydrogen (secondary N) is 1. The Hall–Kier alpha value is -1.98. The van der Waals surface area contributed by atoms with Gasteiger partial charge in [0.25, 0.3) is 0 Å². The lowest BCUT2D eigenvalue weighted by molar-refractivity contribution is -0.880. The van der Waals surface area contributed by atoms with E-state index >= 15 is 0 Å². The van der Waals surface area contributed by atoms with Crippen molar-refractivity contribution in [3.8, 4) is 11.1 Å². The van der Waals surface area contributed by atoms with Crippen LogP contribution >= 0.6 is 11.3 Å². The fraction of sp³-hybridized carbons (Fsp3) is 0.333. The van der Waals surface area contributed by atoms with Crippen LogP contribution in [0.15, 0.2) is 36.0 Å². The maximum atomic E-state index is 4.64. The van der Waals surface area contributed by atoms with E-state index in [-0.39, 0.29) is 0 Å². The summed E-state index contributed by atoms with van der Waals surface area (Å²) in [4.78, 5) is 14.2. The van der Waals surface area contributed by atoms with Crippen molar-refractivity contribution >= 4 is 27.4 Å². The largest absolute Gasteiger partial charge is 0.345 e. The van der Waals surface area contributed by atoms with E-state index in [1.54, 1.807) is 22.6 Å². The fourth-order valence-corrected chi connectivity index (χ4v) is 4.06. The van der Waals surface area contributed by atoms with E-state index in [0.717, 1.165) is 36.8 Å². The number of quaternary nitrogens is 1. The van der Waals surface area contributed by atoms with Crippen molar-refractivity contribution < 1.29 is 4.90 Å². The topological polar surface area (TPSA) is 33.5 Å². The summed E-state index contributed by atoms with van der Waals surface area (Å²) in [6, 6.07) is 8.73. The van der Waals surface area contributed by atoms with Crippen LogP contribution in [0.25, 0.3) is 21.3 Å². The zero-order valence-corrected chi connectivity index (χ0v) is 14.4. The van der Waals surface area contributed by atoms with Gasteiger partial charge in [-0.2, -0.15) is 0 Å². The van der Waals surface area contributed by atoms with Gasteiger partial charge in [-0.05, 0) is 12.5 Å². The summed E-state index contributed by atoms with van der Waals surface area (Å²) in [7, 11) is 2.26. The van der Waals surface area contributed by atoms with E-state index in [1.807, 2.05) is 0 Å². The summed E-state index contributed by atoms with van der Waals surface area (Å²) in [6.07, 6.45) is 1.71. The zero-order valence-electron chi connectivity index (χ0n) is 13.5. The highest BCUT2D eigenvalue weighted by Gasteiger charge is 2.22. The number of piperazine rings is 1. The van der Waals surface area contributed by atoms with Crippen molar-refractivity contribution in [1.82, 2.24) is 9.97 Å². The summed E-state index contributed by atoms with van der Waals surface area (Å²) in [5.74, 6) is 1.10. The number of anilines is 1. The van der Waals surface area contributed by atoms with Gasteiger partial charge in [0.05, 0.1) is 38.6 Å². The molecule has 0 spiro atoms. The fourth-order valence-electron chi connectivity index (χ4n) is 3.14. The molecule has 3 aromatic rings. The molecule has 5 heteroatoms. The minimum atomic E-state index is 1.06. The Morgan fingerprint density at radius 1 is 1.09 bits per heavy atom. The molecule has 1 N–H and O–H groups in total. The van der Waals surface area contributed by atoms with Crippen LogP contribution in [0, 0.1) is 6.92 Å². The van der Waals surface area contributed by atoms with E-state index in [2.05, 4.69) is 58.5 Å². The van der Waals surface area contributed by atoms with E-state index in [9.17, 15) is 0 Å². The number of benzene rings is 1. The lowest BCUT2D eigenvalue weighted by Gasteiger charge is -2.31. The monoisotopic (exact) mass is 325 g/mol. The highest BCUT2D eigenvalue weighted by molar-refractivity contribution is 7.17. The molecule has 2 aromatic heterocycles. The number of rotatable bonds is 2. The van der Waals surface area contributed by atoms with Gasteiger partial charge in [0.15, 0.2) is 0 Å². The second kappa shape index (κ2) is 5.91. The molecule has 0 atom stereocenters. The van der Waals surface area contributed by atoms with Gasteiger partial charge in [-0.1, -0.05) is 29.8 Å². The number of aryl methyl sites for hydroxylation is 1. The summed E-state index contributed by atoms with van der Waals surface area (Å²) < 4.78 is 0. The standard InChI is InChI=1S/C18H20N4S/c1-13-3-5-14(6-4-13)15-11-23-18-16(15)17(19-12-20-18)22-9-7-21(2)8-10-22/h3-6,11-12H,7-10H2,1-2H3/p+1. The molecule has 1 aliphatic rings. The van der Waals surface area contributed by atoms with Crippen LogP contribution < -0.4 is 9.80 Å². The number of thiophene rings is 1. The average molecular weight is 325 g/mol. The highest BCUT2D eigenvalue weighted by atomic mass is 32.1. The molecule has 3 heterocycles. The molecule has 0 aliphatic carbocycles. The lowest BCUT2D eigenvalue weighted by Crippen LogP contribution is -3.12. The summed E-state index contributed by atoms with van der Waals surface area (Å²) in [5.41, 5.74) is 3.79. The predicted octanol–water partition coefficient (Wildman–Crippen LogP) is 2.00. The minimum absolute atomic E-state index is 1.06. The van der Waals surface area contributed by atoms with E-state index in [1.165, 1.54) is 22.1 Å². The van der Waals surface area contributed by atoms with Gasteiger partial charge in [-0.15, -0.1) is 11.3 Å². The molecule has 0 bridgehead atoms. The Morgan fingerprint density at radius 3 is 2.57 bits per heavy atom. The summed E-state index contributed by atoms with van der Waals surface area (Å²) in [5, 5.41) is 3.43. The van der Waals surface area contributed by atoms with Crippen LogP contribution in [0.5, 0.6) is 0 Å². The number of fused-ring (bicyclic) bond motifs is 1. The first-order valence-corrected chi connectivity index (χ1v) is 8.96. The Morgan fingerprint density at radius 2 is 1.83 bits per heavy atom. The first-order valence-electron chi connectivity index (χ1n) is 8.08. The first kappa shape index (κ1) is 14.6. The van der Waals surface area contributed by atoms with Crippen LogP contribution in [-0.2, 0) is 0 Å². The summed E-state index contributed by atoms with van der Waals surface area (Å²) >= 11 is 1.71. The molecule has 1 fully saturated rings. The molecular formula is C18H21N4S+. The van der Waals surface area contributed by atoms with Gasteiger partial charge in [0.1, 0.15) is 17.0 Å². The van der Waals surface area contributed by atoms with Crippen molar-refractivity contribution in [2.45, 2.75) is 6.92 Å². The third kappa shape index (κ3) is 2.71. The SMILES string of the molecule is Cc1ccc(-c2csc3ncnc(N4CC[NH+](C)CC4)c23)cc1. The normalized spacial score (nSPS) is 16.2. The smallest absolute Gasteiger partial charge is 0.141 e. The Bertz CT molecular complexity index is 817. The molecule has 23 heavy (non-hydrogen) atoms. The van der Waals surface area contributed by atoms with Crippen molar-refractivity contribution in [3.05, 3.63) is 41.5 Å². The molecular weight excluding hydrogens is 304 g/mol. The quantitative estimate of drug-likeness (QED) is 0.782. The van der Waals surface area contributed by atoms with Crippen molar-refractivity contribution in [3.63, 3.8) is 0 Å². The highest BCUT2D eigenvalue weighted by Crippen LogP contribution is 2.37. The average Bonchev–Trinajstić information content (AvgIpc) is 3.00. The molecule has 0 unspecified atom stereocenters. The number of hydrogen-bond donors (Lipinski definition) is 1. The van der Waals surface area contributed by atoms with Crippen molar-refractivity contribution in [2.24, 2.45) is 0 Å². The molecule has 1 saturated heterocycles. The van der Waals surface area contributed by atoms with E-state index in [0.29, 0.717) is 0 Å². The Balaban J connectivity index is 1.82. The van der Waals surface area contributed by atoms with Gasteiger partial charge in [-0.25, -0.2) is 9.97 Å². The van der Waals surface area contributed by atoms with Gasteiger partial charge in [-0.3, -0.25) is 0 Å². The number of hydrogen-bond acceptors (Lipinski definition) is 4. The molecule has 0 amide bonds. The minimum Gasteiger partial charge on any atom is -0.345 e. The third-order valence-electron chi connectivity index (χ3n) is 4.63. The Labute approximate surface area is 140 Å². The lowest BCUT2D eigenvalue weighted by atomic mass is 10.0. The molecule has 4 nitrogen and oxygen atoms in total. The Kier molecular flexibility index (Phi) is 3.75. The van der Waals surface area contributed by atoms with Crippen LogP contribution in [-0.4, -0.2) is 43.2 Å². The molecule has 0 radical (unpaired) electrons. The molecule has 1 aromatic carbocycles. The van der Waals surface area contributed by atoms with Crippen molar-refractivity contribution in [1.29, 1.82) is 0 Å². The second-order valence-corrected chi connectivity index (χ2v) is 7.20. The third-order valence-corrected chi connectivity index (χ3v) is 5.52. The number of aromatic nitrogens is 2. The van der Waals surface area contributed by atoms with Crippen LogP contribution in [0.1, 0.15) is 5.56 Å². The van der Waals surface area contributed by atoms with E-state index in [4.69, 9.17) is 0 Å². The maximum absolute atomic E-state index is 4.64. The first-order chi connectivity index (χ1) is 11.2. The van der Waals surface area contributed by atoms with Crippen LogP contribution in [0.3, 0.4) is 0 Å². The van der Waals surface area contributed by atoms with Gasteiger partial charge in [0, 0.05) is 10.9 Å². The molecule has 1 aliphatic heterocycles. The number of nitrogens with zero attached hydrogens (tertiary/aromatic N) is 3. The van der Waals surface area contributed by atoms with Gasteiger partial charge < -0.3 is 9.80 Å². The molecule has 118 valence electrons. The van der Waals surface area contributed by atoms with Crippen molar-refractivity contribution in [2.75, 3.05) is 38.1 Å². The van der Waals surface area contributed by atoms with Crippen LogP contribution in [0.4, 0.5) is 5.82 Å². The molecule has 4 rings (SSSR count).